The summed E-state index contributed by atoms with van der Waals surface area (Å²) in [5.41, 5.74) is 4.03. The van der Waals surface area contributed by atoms with Crippen molar-refractivity contribution in [3.63, 3.8) is 0 Å². The van der Waals surface area contributed by atoms with Crippen LogP contribution >= 0.6 is 11.6 Å². The molecule has 0 unspecified atom stereocenters. The van der Waals surface area contributed by atoms with E-state index in [4.69, 9.17) is 11.6 Å². The van der Waals surface area contributed by atoms with E-state index >= 15 is 0 Å². The average molecular weight is 382 g/mol. The monoisotopic (exact) mass is 381 g/mol. The number of pyridine rings is 1. The maximum atomic E-state index is 12.7. The fourth-order valence-electron chi connectivity index (χ4n) is 2.81. The molecule has 1 aromatic heterocycles. The summed E-state index contributed by atoms with van der Waals surface area (Å²) in [7, 11) is 3.32. The van der Waals surface area contributed by atoms with Crippen molar-refractivity contribution in [3.05, 3.63) is 69.9 Å². The number of anilines is 1. The van der Waals surface area contributed by atoms with E-state index in [1.165, 1.54) is 4.90 Å². The highest BCUT2D eigenvalue weighted by atomic mass is 35.5. The molecule has 0 aliphatic heterocycles. The van der Waals surface area contributed by atoms with Gasteiger partial charge in [-0.25, -0.2) is 0 Å². The van der Waals surface area contributed by atoms with Gasteiger partial charge in [0.1, 0.15) is 0 Å². The zero-order valence-corrected chi connectivity index (χ0v) is 16.4. The van der Waals surface area contributed by atoms with Crippen LogP contribution in [0, 0.1) is 13.8 Å². The first-order chi connectivity index (χ1) is 12.8. The van der Waals surface area contributed by atoms with Crippen LogP contribution in [0.1, 0.15) is 32.0 Å². The minimum atomic E-state index is -0.273. The maximum Gasteiger partial charge on any atom is 0.257 e. The lowest BCUT2D eigenvalue weighted by molar-refractivity contribution is 0.0827. The van der Waals surface area contributed by atoms with Crippen molar-refractivity contribution >= 4 is 40.0 Å². The van der Waals surface area contributed by atoms with Gasteiger partial charge in [0, 0.05) is 25.2 Å². The number of hydrogen-bond acceptors (Lipinski definition) is 3. The van der Waals surface area contributed by atoms with Crippen LogP contribution in [0.3, 0.4) is 0 Å². The molecular weight excluding hydrogens is 362 g/mol. The first-order valence-electron chi connectivity index (χ1n) is 8.47. The number of halogens is 1. The summed E-state index contributed by atoms with van der Waals surface area (Å²) in [4.78, 5) is 30.8. The summed E-state index contributed by atoms with van der Waals surface area (Å²) in [6, 6.07) is 12.6. The molecule has 2 amide bonds. The van der Waals surface area contributed by atoms with Crippen LogP contribution in [0.4, 0.5) is 5.69 Å². The molecule has 3 rings (SSSR count). The van der Waals surface area contributed by atoms with Gasteiger partial charge in [0.05, 0.1) is 27.4 Å². The number of fused-ring (bicyclic) bond motifs is 1. The zero-order chi connectivity index (χ0) is 19.7. The van der Waals surface area contributed by atoms with Crippen LogP contribution in [0.15, 0.2) is 42.5 Å². The third-order valence-corrected chi connectivity index (χ3v) is 4.58. The molecule has 0 bridgehead atoms. The van der Waals surface area contributed by atoms with Gasteiger partial charge in [-0.05, 0) is 49.7 Å². The Morgan fingerprint density at radius 2 is 1.74 bits per heavy atom. The minimum absolute atomic E-state index is 0.192. The van der Waals surface area contributed by atoms with Gasteiger partial charge in [-0.3, -0.25) is 14.6 Å². The first kappa shape index (κ1) is 18.9. The molecule has 6 heteroatoms. The lowest BCUT2D eigenvalue weighted by Gasteiger charge is -2.13. The quantitative estimate of drug-likeness (QED) is 0.728. The van der Waals surface area contributed by atoms with E-state index < -0.39 is 0 Å². The number of aromatic nitrogens is 1. The normalized spacial score (nSPS) is 10.7. The van der Waals surface area contributed by atoms with Crippen molar-refractivity contribution in [2.24, 2.45) is 0 Å². The van der Waals surface area contributed by atoms with Crippen molar-refractivity contribution in [2.45, 2.75) is 13.8 Å². The SMILES string of the molecule is Cc1ccc2cc(C(=O)Nc3ccc(C(=O)N(C)C)c(Cl)c3)c(C)nc2c1. The van der Waals surface area contributed by atoms with Gasteiger partial charge in [-0.15, -0.1) is 0 Å². The largest absolute Gasteiger partial charge is 0.345 e. The Balaban J connectivity index is 1.88. The number of benzene rings is 2. The lowest BCUT2D eigenvalue weighted by atomic mass is 10.1. The van der Waals surface area contributed by atoms with Gasteiger partial charge in [0.25, 0.3) is 11.8 Å². The molecule has 0 saturated heterocycles. The number of amides is 2. The molecule has 1 N–H and O–H groups in total. The molecule has 0 saturated carbocycles. The van der Waals surface area contributed by atoms with Crippen molar-refractivity contribution in [1.82, 2.24) is 9.88 Å². The summed E-state index contributed by atoms with van der Waals surface area (Å²) < 4.78 is 0. The topological polar surface area (TPSA) is 62.3 Å². The van der Waals surface area contributed by atoms with E-state index in [-0.39, 0.29) is 16.8 Å². The fourth-order valence-corrected chi connectivity index (χ4v) is 3.07. The second kappa shape index (κ2) is 7.37. The molecule has 0 radical (unpaired) electrons. The number of rotatable bonds is 3. The standard InChI is InChI=1S/C21H20ClN3O2/c1-12-5-6-14-10-17(13(2)23-19(14)9-12)20(26)24-15-7-8-16(18(22)11-15)21(27)25(3)4/h5-11H,1-4H3,(H,24,26). The Morgan fingerprint density at radius 3 is 2.41 bits per heavy atom. The van der Waals surface area contributed by atoms with Gasteiger partial charge >= 0.3 is 0 Å². The van der Waals surface area contributed by atoms with E-state index in [1.807, 2.05) is 38.1 Å². The number of nitrogens with one attached hydrogen (secondary N) is 1. The molecule has 3 aromatic rings. The zero-order valence-electron chi connectivity index (χ0n) is 15.6. The Morgan fingerprint density at radius 1 is 1.00 bits per heavy atom. The molecule has 0 atom stereocenters. The number of aryl methyl sites for hydroxylation is 2. The van der Waals surface area contributed by atoms with Crippen molar-refractivity contribution in [2.75, 3.05) is 19.4 Å². The minimum Gasteiger partial charge on any atom is -0.345 e. The van der Waals surface area contributed by atoms with E-state index in [1.54, 1.807) is 32.3 Å². The van der Waals surface area contributed by atoms with Crippen LogP contribution < -0.4 is 5.32 Å². The fraction of sp³-hybridized carbons (Fsp3) is 0.190. The molecule has 1 heterocycles. The lowest BCUT2D eigenvalue weighted by Crippen LogP contribution is -2.22. The summed E-state index contributed by atoms with van der Waals surface area (Å²) >= 11 is 6.21. The third-order valence-electron chi connectivity index (χ3n) is 4.27. The highest BCUT2D eigenvalue weighted by Crippen LogP contribution is 2.24. The molecule has 0 spiro atoms. The third kappa shape index (κ3) is 3.93. The Kier molecular flexibility index (Phi) is 5.15. The van der Waals surface area contributed by atoms with Gasteiger partial charge < -0.3 is 10.2 Å². The highest BCUT2D eigenvalue weighted by molar-refractivity contribution is 6.34. The summed E-state index contributed by atoms with van der Waals surface area (Å²) in [5, 5.41) is 4.01. The van der Waals surface area contributed by atoms with Crippen molar-refractivity contribution in [3.8, 4) is 0 Å². The average Bonchev–Trinajstić information content (AvgIpc) is 2.60. The van der Waals surface area contributed by atoms with E-state index in [2.05, 4.69) is 10.3 Å². The van der Waals surface area contributed by atoms with Crippen LogP contribution in [0.25, 0.3) is 10.9 Å². The molecule has 0 fully saturated rings. The Bertz CT molecular complexity index is 1060. The molecule has 0 aliphatic carbocycles. The van der Waals surface area contributed by atoms with Gasteiger partial charge in [0.15, 0.2) is 0 Å². The Hall–Kier alpha value is -2.92. The molecule has 5 nitrogen and oxygen atoms in total. The van der Waals surface area contributed by atoms with Gasteiger partial charge in [-0.2, -0.15) is 0 Å². The molecule has 2 aromatic carbocycles. The summed E-state index contributed by atoms with van der Waals surface area (Å²) in [6.07, 6.45) is 0. The van der Waals surface area contributed by atoms with Crippen LogP contribution in [0.5, 0.6) is 0 Å². The van der Waals surface area contributed by atoms with E-state index in [0.717, 1.165) is 16.5 Å². The van der Waals surface area contributed by atoms with E-state index in [9.17, 15) is 9.59 Å². The summed E-state index contributed by atoms with van der Waals surface area (Å²) in [6.45, 7) is 3.81. The number of carbonyl (C=O) groups excluding carboxylic acids is 2. The van der Waals surface area contributed by atoms with Crippen LogP contribution in [0.2, 0.25) is 5.02 Å². The number of hydrogen-bond donors (Lipinski definition) is 1. The maximum absolute atomic E-state index is 12.7. The highest BCUT2D eigenvalue weighted by Gasteiger charge is 2.15. The molecule has 27 heavy (non-hydrogen) atoms. The molecular formula is C21H20ClN3O2. The number of nitrogens with zero attached hydrogens (tertiary/aromatic N) is 2. The van der Waals surface area contributed by atoms with Crippen molar-refractivity contribution in [1.29, 1.82) is 0 Å². The van der Waals surface area contributed by atoms with Gasteiger partial charge in [-0.1, -0.05) is 23.7 Å². The van der Waals surface area contributed by atoms with Crippen LogP contribution in [-0.4, -0.2) is 35.8 Å². The predicted octanol–water partition coefficient (Wildman–Crippen LogP) is 4.46. The molecule has 138 valence electrons. The smallest absolute Gasteiger partial charge is 0.257 e. The predicted molar refractivity (Wildman–Crippen MR) is 109 cm³/mol. The second-order valence-corrected chi connectivity index (χ2v) is 7.07. The molecule has 0 aliphatic rings. The van der Waals surface area contributed by atoms with Crippen LogP contribution in [-0.2, 0) is 0 Å². The van der Waals surface area contributed by atoms with E-state index in [0.29, 0.717) is 22.5 Å². The summed E-state index contributed by atoms with van der Waals surface area (Å²) in [5.74, 6) is -0.465. The first-order valence-corrected chi connectivity index (χ1v) is 8.84. The Labute approximate surface area is 163 Å². The second-order valence-electron chi connectivity index (χ2n) is 6.67. The number of carbonyl (C=O) groups is 2. The van der Waals surface area contributed by atoms with Gasteiger partial charge in [0.2, 0.25) is 0 Å². The van der Waals surface area contributed by atoms with Crippen molar-refractivity contribution < 1.29 is 9.59 Å².